The summed E-state index contributed by atoms with van der Waals surface area (Å²) in [5, 5.41) is 21.1. The average Bonchev–Trinajstić information content (AvgIpc) is 3.02. The van der Waals surface area contributed by atoms with E-state index in [1.54, 1.807) is 12.1 Å². The third kappa shape index (κ3) is 13.2. The van der Waals surface area contributed by atoms with Gasteiger partial charge >= 0.3 is 11.9 Å². The smallest absolute Gasteiger partial charge is 0.354 e. The molecule has 0 aromatic carbocycles. The number of hydrogen-bond donors (Lipinski definition) is 2. The number of nitrogens with zero attached hydrogens (tertiary/aromatic N) is 5. The summed E-state index contributed by atoms with van der Waals surface area (Å²) in [6.45, 7) is 6.87. The van der Waals surface area contributed by atoms with Gasteiger partial charge in [-0.05, 0) is 49.3 Å². The van der Waals surface area contributed by atoms with Crippen LogP contribution in [0.25, 0.3) is 0 Å². The van der Waals surface area contributed by atoms with Crippen LogP contribution in [-0.4, -0.2) is 133 Å². The highest BCUT2D eigenvalue weighted by atomic mass is 32.1. The van der Waals surface area contributed by atoms with E-state index in [9.17, 15) is 19.8 Å². The molecule has 1 aliphatic rings. The van der Waals surface area contributed by atoms with Gasteiger partial charge in [-0.2, -0.15) is 0 Å². The van der Waals surface area contributed by atoms with Crippen LogP contribution in [-0.2, 0) is 25.5 Å². The van der Waals surface area contributed by atoms with E-state index < -0.39 is 11.9 Å². The number of aromatic carboxylic acids is 2. The largest absolute Gasteiger partial charge is 0.477 e. The molecule has 2 aromatic heterocycles. The second kappa shape index (κ2) is 20.7. The molecule has 44 heavy (non-hydrogen) atoms. The molecule has 1 saturated heterocycles. The van der Waals surface area contributed by atoms with E-state index in [1.165, 1.54) is 12.1 Å². The fourth-order valence-corrected chi connectivity index (χ4v) is 4.78. The topological polar surface area (TPSA) is 156 Å². The van der Waals surface area contributed by atoms with Crippen molar-refractivity contribution in [2.75, 3.05) is 85.6 Å². The molecule has 1 aliphatic heterocycles. The molecule has 13 nitrogen and oxygen atoms in total. The number of pyridine rings is 2. The van der Waals surface area contributed by atoms with E-state index in [0.717, 1.165) is 6.42 Å². The van der Waals surface area contributed by atoms with Crippen LogP contribution < -0.4 is 0 Å². The van der Waals surface area contributed by atoms with Gasteiger partial charge in [-0.3, -0.25) is 9.80 Å². The standard InChI is InChI=1S/C30H41N5O8S/c36-29(37)26-6-1-4-24(32-26)22-34-10-14-40-18-20-42-16-12-35(13-17-43-21-19-41-15-11-34)28(8-3-9-31-23-44)25-5-2-7-27(33-25)30(38)39/h1-2,4-7,28H,3,8-22H2,(H,36,37)(H,38,39). The highest BCUT2D eigenvalue weighted by molar-refractivity contribution is 7.78. The number of isothiocyanates is 1. The summed E-state index contributed by atoms with van der Waals surface area (Å²) in [5.41, 5.74) is 1.34. The van der Waals surface area contributed by atoms with Crippen LogP contribution in [0.2, 0.25) is 0 Å². The number of rotatable bonds is 10. The highest BCUT2D eigenvalue weighted by Crippen LogP contribution is 2.25. The zero-order chi connectivity index (χ0) is 31.4. The molecule has 240 valence electrons. The Labute approximate surface area is 262 Å². The Bertz CT molecular complexity index is 1200. The first-order valence-corrected chi connectivity index (χ1v) is 15.1. The first kappa shape index (κ1) is 35.3. The molecule has 0 spiro atoms. The summed E-state index contributed by atoms with van der Waals surface area (Å²) in [6.07, 6.45) is 1.42. The zero-order valence-electron chi connectivity index (χ0n) is 24.8. The van der Waals surface area contributed by atoms with Crippen LogP contribution in [0.1, 0.15) is 51.2 Å². The maximum atomic E-state index is 11.6. The average molecular weight is 632 g/mol. The van der Waals surface area contributed by atoms with Crippen molar-refractivity contribution in [3.63, 3.8) is 0 Å². The lowest BCUT2D eigenvalue weighted by atomic mass is 10.0. The fourth-order valence-electron chi connectivity index (χ4n) is 4.69. The van der Waals surface area contributed by atoms with Crippen LogP contribution in [0.4, 0.5) is 0 Å². The van der Waals surface area contributed by atoms with Gasteiger partial charge in [0.15, 0.2) is 0 Å². The van der Waals surface area contributed by atoms with Crippen molar-refractivity contribution in [2.45, 2.75) is 25.4 Å². The molecule has 0 amide bonds. The lowest BCUT2D eigenvalue weighted by Crippen LogP contribution is -2.36. The predicted molar refractivity (Wildman–Crippen MR) is 164 cm³/mol. The van der Waals surface area contributed by atoms with E-state index in [0.29, 0.717) is 110 Å². The summed E-state index contributed by atoms with van der Waals surface area (Å²) in [6, 6.07) is 9.84. The summed E-state index contributed by atoms with van der Waals surface area (Å²) in [5.74, 6) is -2.13. The van der Waals surface area contributed by atoms with Crippen molar-refractivity contribution in [2.24, 2.45) is 4.99 Å². The quantitative estimate of drug-likeness (QED) is 0.224. The molecule has 14 heteroatoms. The Kier molecular flexibility index (Phi) is 16.6. The summed E-state index contributed by atoms with van der Waals surface area (Å²) >= 11 is 4.70. The minimum absolute atomic E-state index is 0.00351. The number of carboxylic acid groups (broad SMARTS) is 2. The van der Waals surface area contributed by atoms with E-state index in [1.807, 2.05) is 12.1 Å². The lowest BCUT2D eigenvalue weighted by Gasteiger charge is -2.31. The number of carbonyl (C=O) groups is 2. The molecule has 3 rings (SSSR count). The highest BCUT2D eigenvalue weighted by Gasteiger charge is 2.23. The Morgan fingerprint density at radius 2 is 1.36 bits per heavy atom. The Morgan fingerprint density at radius 3 is 1.93 bits per heavy atom. The first-order valence-electron chi connectivity index (χ1n) is 14.7. The molecule has 1 fully saturated rings. The van der Waals surface area contributed by atoms with E-state index in [2.05, 4.69) is 29.9 Å². The Hall–Kier alpha value is -3.20. The van der Waals surface area contributed by atoms with Gasteiger partial charge in [0.05, 0.1) is 75.4 Å². The molecule has 2 N–H and O–H groups in total. The van der Waals surface area contributed by atoms with Gasteiger partial charge in [-0.15, -0.1) is 0 Å². The van der Waals surface area contributed by atoms with Crippen LogP contribution in [0.15, 0.2) is 41.4 Å². The molecule has 1 unspecified atom stereocenters. The molecule has 0 aliphatic carbocycles. The number of aliphatic imine (C=N–C) groups is 1. The molecule has 2 aromatic rings. The zero-order valence-corrected chi connectivity index (χ0v) is 25.7. The summed E-state index contributed by atoms with van der Waals surface area (Å²) < 4.78 is 23.4. The molecular formula is C30H41N5O8S. The summed E-state index contributed by atoms with van der Waals surface area (Å²) in [7, 11) is 0. The maximum Gasteiger partial charge on any atom is 0.354 e. The minimum atomic E-state index is -1.07. The number of hydrogen-bond acceptors (Lipinski definition) is 12. The fraction of sp³-hybridized carbons (Fsp3) is 0.567. The monoisotopic (exact) mass is 631 g/mol. The maximum absolute atomic E-state index is 11.6. The van der Waals surface area contributed by atoms with Crippen LogP contribution in [0, 0.1) is 0 Å². The molecule has 0 bridgehead atoms. The lowest BCUT2D eigenvalue weighted by molar-refractivity contribution is 0.000343. The van der Waals surface area contributed by atoms with Crippen molar-refractivity contribution < 1.29 is 38.7 Å². The number of aromatic nitrogens is 2. The molecular weight excluding hydrogens is 590 g/mol. The van der Waals surface area contributed by atoms with Gasteiger partial charge < -0.3 is 29.2 Å². The third-order valence-corrected chi connectivity index (χ3v) is 7.02. The molecule has 1 atom stereocenters. The van der Waals surface area contributed by atoms with Gasteiger partial charge in [-0.25, -0.2) is 24.5 Å². The minimum Gasteiger partial charge on any atom is -0.477 e. The molecule has 0 saturated carbocycles. The van der Waals surface area contributed by atoms with Crippen LogP contribution >= 0.6 is 12.2 Å². The first-order chi connectivity index (χ1) is 21.5. The SMILES string of the molecule is O=C(O)c1cccc(CN2CCOCCOCCN(C(CCCN=C=S)c3cccc(C(=O)O)n3)CCOCCOCC2)n1. The van der Waals surface area contributed by atoms with Crippen LogP contribution in [0.5, 0.6) is 0 Å². The van der Waals surface area contributed by atoms with Crippen molar-refractivity contribution in [3.8, 4) is 0 Å². The van der Waals surface area contributed by atoms with Crippen molar-refractivity contribution in [3.05, 3.63) is 59.2 Å². The molecule has 0 radical (unpaired) electrons. The van der Waals surface area contributed by atoms with Gasteiger partial charge in [0.1, 0.15) is 11.4 Å². The Balaban J connectivity index is 1.60. The summed E-state index contributed by atoms with van der Waals surface area (Å²) in [4.78, 5) is 39.9. The Morgan fingerprint density at radius 1 is 0.818 bits per heavy atom. The second-order valence-corrected chi connectivity index (χ2v) is 10.1. The van der Waals surface area contributed by atoms with Gasteiger partial charge in [0.25, 0.3) is 0 Å². The molecule has 3 heterocycles. The van der Waals surface area contributed by atoms with Crippen molar-refractivity contribution in [1.29, 1.82) is 0 Å². The number of carboxylic acids is 2. The van der Waals surface area contributed by atoms with E-state index >= 15 is 0 Å². The van der Waals surface area contributed by atoms with E-state index in [-0.39, 0.29) is 17.4 Å². The van der Waals surface area contributed by atoms with Crippen molar-refractivity contribution >= 4 is 29.3 Å². The number of thiocarbonyl (C=S) groups is 1. The predicted octanol–water partition coefficient (Wildman–Crippen LogP) is 2.68. The van der Waals surface area contributed by atoms with Crippen LogP contribution in [0.3, 0.4) is 0 Å². The number of ether oxygens (including phenoxy) is 4. The van der Waals surface area contributed by atoms with E-state index in [4.69, 9.17) is 31.2 Å². The normalized spacial score (nSPS) is 17.9. The third-order valence-electron chi connectivity index (χ3n) is 6.89. The van der Waals surface area contributed by atoms with Crippen molar-refractivity contribution in [1.82, 2.24) is 19.8 Å². The second-order valence-electron chi connectivity index (χ2n) is 9.96. The van der Waals surface area contributed by atoms with Gasteiger partial charge in [0.2, 0.25) is 0 Å². The van der Waals surface area contributed by atoms with Gasteiger partial charge in [0, 0.05) is 39.3 Å². The van der Waals surface area contributed by atoms with Gasteiger partial charge in [-0.1, -0.05) is 12.1 Å².